The minimum atomic E-state index is -3.24. The number of aliphatic hydroxyl groups excluding tert-OH is 1. The van der Waals surface area contributed by atoms with Crippen LogP contribution in [0.25, 0.3) is 0 Å². The van der Waals surface area contributed by atoms with E-state index in [-0.39, 0.29) is 5.56 Å². The molecule has 0 fully saturated rings. The summed E-state index contributed by atoms with van der Waals surface area (Å²) in [7, 11) is -2.14. The number of methoxy groups -OCH3 is 2. The van der Waals surface area contributed by atoms with E-state index in [9.17, 15) is 5.11 Å². The second kappa shape index (κ2) is 9.94. The molecule has 0 heterocycles. The quantitative estimate of drug-likeness (QED) is 0.691. The molecule has 0 spiro atoms. The maximum absolute atomic E-state index is 10.5. The van der Waals surface area contributed by atoms with Crippen molar-refractivity contribution in [2.24, 2.45) is 0 Å². The molecular weight excluding hydrogens is 316 g/mol. The van der Waals surface area contributed by atoms with Crippen LogP contribution in [0, 0.1) is 6.92 Å². The van der Waals surface area contributed by atoms with Crippen molar-refractivity contribution < 1.29 is 41.2 Å². The normalized spacial score (nSPS) is 23.3. The Kier molecular flexibility index (Phi) is 2.72. The summed E-state index contributed by atoms with van der Waals surface area (Å²) in [4.78, 5) is 0. The van der Waals surface area contributed by atoms with Gasteiger partial charge >= 0.3 is 0 Å². The van der Waals surface area contributed by atoms with Crippen LogP contribution >= 0.6 is 0 Å². The van der Waals surface area contributed by atoms with E-state index in [1.807, 2.05) is 0 Å². The molecule has 1 unspecified atom stereocenters. The molecule has 0 saturated carbocycles. The van der Waals surface area contributed by atoms with Crippen molar-refractivity contribution >= 4 is 0 Å². The van der Waals surface area contributed by atoms with Gasteiger partial charge in [-0.1, -0.05) is 24.5 Å². The van der Waals surface area contributed by atoms with Crippen molar-refractivity contribution in [3.63, 3.8) is 0 Å². The van der Waals surface area contributed by atoms with E-state index in [0.717, 1.165) is 7.11 Å². The van der Waals surface area contributed by atoms with Crippen LogP contribution < -0.4 is 14.2 Å². The monoisotopic (exact) mass is 360 g/mol. The molecule has 0 saturated heterocycles. The molecule has 1 N–H and O–H groups in total. The predicted molar refractivity (Wildman–Crippen MR) is 99.8 cm³/mol. The molecule has 2 aromatic carbocycles. The molecule has 2 rings (SSSR count). The van der Waals surface area contributed by atoms with Crippen LogP contribution in [-0.2, 0) is 6.37 Å². The average Bonchev–Trinajstić information content (AvgIpc) is 2.85. The molecule has 25 heavy (non-hydrogen) atoms. The van der Waals surface area contributed by atoms with Gasteiger partial charge in [0.05, 0.1) is 36.7 Å². The minimum absolute atomic E-state index is 0.0762. The van der Waals surface area contributed by atoms with Crippen molar-refractivity contribution in [1.29, 1.82) is 0 Å². The number of hydrogen-bond acceptors (Lipinski definition) is 4. The first-order valence-corrected chi connectivity index (χ1v) is 7.24. The molecule has 4 heteroatoms. The standard InChI is InChI=1S/C21H28O4/c1-16-7-6-10-19(13-16)25-15-18(22)9-5-4-8-17-11-12-20(23-2)21(14-17)24-3/h6-7,10-14,18,22H,4-5,8-9,15H2,1-3H3/i2D3,4D2,6D,7D,8D2,10D,11D,12D,13D,14D,15D2. The van der Waals surface area contributed by atoms with E-state index in [2.05, 4.69) is 4.74 Å². The maximum Gasteiger partial charge on any atom is 0.160 e. The molecular formula is C21H28O4. The number of ether oxygens (including phenoxy) is 3. The molecule has 0 aliphatic heterocycles. The Morgan fingerprint density at radius 1 is 1.20 bits per heavy atom. The lowest BCUT2D eigenvalue weighted by atomic mass is 10.0. The van der Waals surface area contributed by atoms with E-state index in [1.165, 1.54) is 6.92 Å². The maximum atomic E-state index is 10.5. The predicted octanol–water partition coefficient (Wildman–Crippen LogP) is 4.16. The zero-order chi connectivity index (χ0) is 32.0. The lowest BCUT2D eigenvalue weighted by Crippen LogP contribution is -2.17. The van der Waals surface area contributed by atoms with Crippen LogP contribution in [0.5, 0.6) is 17.2 Å². The van der Waals surface area contributed by atoms with E-state index in [1.54, 1.807) is 0 Å². The van der Waals surface area contributed by atoms with Crippen LogP contribution in [0.3, 0.4) is 0 Å². The highest BCUT2D eigenvalue weighted by atomic mass is 16.5. The molecule has 2 aromatic rings. The van der Waals surface area contributed by atoms with E-state index >= 15 is 0 Å². The SMILES string of the molecule is [2H]c1c([2H])c(C)c([2H])c(OC([2H])([2H])C(O)CCC([2H])([2H])C([2H])([2H])c2c([2H])c([2H])c(OC([2H])([2H])[2H])c(OC)c2[2H])c1[2H]. The first-order chi connectivity index (χ1) is 18.4. The van der Waals surface area contributed by atoms with Gasteiger partial charge in [-0.2, -0.15) is 0 Å². The summed E-state index contributed by atoms with van der Waals surface area (Å²) < 4.78 is 142. The molecule has 4 nitrogen and oxygen atoms in total. The van der Waals surface area contributed by atoms with Crippen LogP contribution in [0.15, 0.2) is 42.3 Å². The summed E-state index contributed by atoms with van der Waals surface area (Å²) in [6.07, 6.45) is -10.2. The summed E-state index contributed by atoms with van der Waals surface area (Å²) in [5.41, 5.74) is -1.05. The third-order valence-electron chi connectivity index (χ3n) is 2.83. The first-order valence-electron chi connectivity index (χ1n) is 15.2. The Balaban J connectivity index is 2.42. The van der Waals surface area contributed by atoms with Gasteiger partial charge in [-0.3, -0.25) is 0 Å². The van der Waals surface area contributed by atoms with Crippen LogP contribution in [0.1, 0.15) is 52.3 Å². The Labute approximate surface area is 172 Å². The second-order valence-electron chi connectivity index (χ2n) is 4.74. The van der Waals surface area contributed by atoms with Gasteiger partial charge in [0.2, 0.25) is 0 Å². The van der Waals surface area contributed by atoms with E-state index in [0.29, 0.717) is 0 Å². The van der Waals surface area contributed by atoms with Crippen molar-refractivity contribution in [3.05, 3.63) is 53.4 Å². The Morgan fingerprint density at radius 3 is 2.88 bits per heavy atom. The largest absolute Gasteiger partial charge is 0.493 e. The van der Waals surface area contributed by atoms with Gasteiger partial charge in [0.25, 0.3) is 0 Å². The Morgan fingerprint density at radius 2 is 2.08 bits per heavy atom. The highest BCUT2D eigenvalue weighted by Gasteiger charge is 2.07. The Bertz CT molecular complexity index is 1280. The van der Waals surface area contributed by atoms with Crippen LogP contribution in [0.4, 0.5) is 0 Å². The molecule has 0 radical (unpaired) electrons. The summed E-state index contributed by atoms with van der Waals surface area (Å²) in [6.45, 7) is -1.78. The highest BCUT2D eigenvalue weighted by Crippen LogP contribution is 2.28. The van der Waals surface area contributed by atoms with Crippen molar-refractivity contribution in [1.82, 2.24) is 0 Å². The summed E-state index contributed by atoms with van der Waals surface area (Å²) >= 11 is 0. The lowest BCUT2D eigenvalue weighted by molar-refractivity contribution is 0.0976. The van der Waals surface area contributed by atoms with Gasteiger partial charge in [-0.05, 0) is 61.4 Å². The first kappa shape index (κ1) is 6.84. The van der Waals surface area contributed by atoms with Crippen LogP contribution in [-0.4, -0.2) is 31.9 Å². The van der Waals surface area contributed by atoms with Gasteiger partial charge in [0.1, 0.15) is 12.3 Å². The molecule has 0 aromatic heterocycles. The number of aliphatic hydroxyl groups is 1. The molecule has 136 valence electrons. The van der Waals surface area contributed by atoms with Gasteiger partial charge in [-0.15, -0.1) is 0 Å². The van der Waals surface area contributed by atoms with Gasteiger partial charge in [0.15, 0.2) is 11.5 Å². The van der Waals surface area contributed by atoms with E-state index < -0.39 is 110 Å². The van der Waals surface area contributed by atoms with Gasteiger partial charge < -0.3 is 19.3 Å². The number of rotatable bonds is 10. The van der Waals surface area contributed by atoms with Gasteiger partial charge in [-0.25, -0.2) is 0 Å². The number of hydrogen-bond donors (Lipinski definition) is 1. The number of benzene rings is 2. The smallest absolute Gasteiger partial charge is 0.160 e. The third-order valence-corrected chi connectivity index (χ3v) is 2.83. The minimum Gasteiger partial charge on any atom is -0.493 e. The Hall–Kier alpha value is -2.20. The summed E-state index contributed by atoms with van der Waals surface area (Å²) in [5, 5.41) is 10.5. The fourth-order valence-electron chi connectivity index (χ4n) is 1.67. The molecule has 0 bridgehead atoms. The molecule has 0 amide bonds. The zero-order valence-electron chi connectivity index (χ0n) is 29.7. The fraction of sp³-hybridized carbons (Fsp3) is 0.429. The summed E-state index contributed by atoms with van der Waals surface area (Å²) in [6, 6.07) is -5.38. The third kappa shape index (κ3) is 6.31. The topological polar surface area (TPSA) is 47.9 Å². The fourth-order valence-corrected chi connectivity index (χ4v) is 1.67. The summed E-state index contributed by atoms with van der Waals surface area (Å²) in [5.74, 6) is -2.28. The van der Waals surface area contributed by atoms with Crippen LogP contribution in [0.2, 0.25) is 0 Å². The van der Waals surface area contributed by atoms with Crippen molar-refractivity contribution in [2.75, 3.05) is 20.7 Å². The second-order valence-corrected chi connectivity index (χ2v) is 4.74. The highest BCUT2D eigenvalue weighted by molar-refractivity contribution is 5.42. The van der Waals surface area contributed by atoms with Gasteiger partial charge in [0, 0.05) is 5.48 Å². The zero-order valence-corrected chi connectivity index (χ0v) is 13.7. The van der Waals surface area contributed by atoms with Crippen molar-refractivity contribution in [3.8, 4) is 17.2 Å². The average molecular weight is 361 g/mol. The van der Waals surface area contributed by atoms with Crippen molar-refractivity contribution in [2.45, 2.75) is 38.6 Å². The lowest BCUT2D eigenvalue weighted by Gasteiger charge is -2.13. The molecule has 0 aliphatic carbocycles. The van der Waals surface area contributed by atoms with E-state index in [4.69, 9.17) is 31.4 Å². The molecule has 1 atom stereocenters. The molecule has 0 aliphatic rings.